The van der Waals surface area contributed by atoms with Crippen LogP contribution < -0.4 is 0 Å². The van der Waals surface area contributed by atoms with Gasteiger partial charge in [0.2, 0.25) is 0 Å². The van der Waals surface area contributed by atoms with Gasteiger partial charge in [-0.3, -0.25) is 4.79 Å². The Morgan fingerprint density at radius 3 is 2.54 bits per heavy atom. The average Bonchev–Trinajstić information content (AvgIpc) is 2.47. The molecule has 1 heterocycles. The van der Waals surface area contributed by atoms with Crippen LogP contribution in [0.1, 0.15) is 18.1 Å². The van der Waals surface area contributed by atoms with Crippen LogP contribution in [-0.4, -0.2) is 12.1 Å². The van der Waals surface area contributed by atoms with E-state index in [4.69, 9.17) is 4.74 Å². The molecule has 0 unspecified atom stereocenters. The molecule has 0 aromatic heterocycles. The minimum atomic E-state index is -1.20. The minimum absolute atomic E-state index is 0.125. The van der Waals surface area contributed by atoms with Gasteiger partial charge in [0.15, 0.2) is 12.3 Å². The molecule has 3 heteroatoms. The van der Waals surface area contributed by atoms with Crippen molar-refractivity contribution in [3.63, 3.8) is 0 Å². The first-order valence-corrected chi connectivity index (χ1v) is 4.16. The summed E-state index contributed by atoms with van der Waals surface area (Å²) in [7, 11) is 0. The number of esters is 1. The average molecular weight is 180 g/mol. The van der Waals surface area contributed by atoms with E-state index in [1.54, 1.807) is 24.3 Å². The first-order valence-electron chi connectivity index (χ1n) is 4.16. The van der Waals surface area contributed by atoms with E-state index < -0.39 is 18.2 Å². The van der Waals surface area contributed by atoms with Crippen LogP contribution in [0.4, 0.5) is 4.39 Å². The third kappa shape index (κ3) is 1.54. The van der Waals surface area contributed by atoms with Crippen LogP contribution in [0.3, 0.4) is 0 Å². The Bertz CT molecular complexity index is 310. The topological polar surface area (TPSA) is 26.3 Å². The molecule has 0 radical (unpaired) electrons. The van der Waals surface area contributed by atoms with Crippen molar-refractivity contribution in [2.45, 2.75) is 18.7 Å². The molecule has 2 atom stereocenters. The summed E-state index contributed by atoms with van der Waals surface area (Å²) in [5.74, 6) is -0.457. The fourth-order valence-corrected chi connectivity index (χ4v) is 1.45. The van der Waals surface area contributed by atoms with E-state index in [0.717, 1.165) is 5.56 Å². The van der Waals surface area contributed by atoms with Crippen LogP contribution in [0.15, 0.2) is 30.3 Å². The molecule has 1 aromatic carbocycles. The van der Waals surface area contributed by atoms with Gasteiger partial charge in [-0.15, -0.1) is 0 Å². The summed E-state index contributed by atoms with van der Waals surface area (Å²) in [5.41, 5.74) is 0.723. The number of halogens is 1. The van der Waals surface area contributed by atoms with Crippen molar-refractivity contribution in [2.24, 2.45) is 0 Å². The number of carbonyl (C=O) groups is 1. The third-order valence-electron chi connectivity index (χ3n) is 2.08. The second kappa shape index (κ2) is 3.17. The highest BCUT2D eigenvalue weighted by molar-refractivity contribution is 5.72. The van der Waals surface area contributed by atoms with Gasteiger partial charge in [0.25, 0.3) is 0 Å². The minimum Gasteiger partial charge on any atom is -0.454 e. The zero-order valence-corrected chi connectivity index (χ0v) is 6.94. The van der Waals surface area contributed by atoms with Crippen LogP contribution >= 0.6 is 0 Å². The van der Waals surface area contributed by atoms with Crippen molar-refractivity contribution >= 4 is 5.97 Å². The molecule has 1 aliphatic rings. The van der Waals surface area contributed by atoms with E-state index in [2.05, 4.69) is 0 Å². The Hall–Kier alpha value is -1.38. The maximum atomic E-state index is 13.2. The van der Waals surface area contributed by atoms with Crippen molar-refractivity contribution in [3.05, 3.63) is 35.9 Å². The molecule has 0 aliphatic carbocycles. The number of alkyl halides is 1. The van der Waals surface area contributed by atoms with Crippen molar-refractivity contribution < 1.29 is 13.9 Å². The van der Waals surface area contributed by atoms with E-state index in [0.29, 0.717) is 0 Å². The predicted octanol–water partition coefficient (Wildman–Crippen LogP) is 2.01. The molecule has 1 aromatic rings. The second-order valence-electron chi connectivity index (χ2n) is 3.04. The molecule has 2 nitrogen and oxygen atoms in total. The van der Waals surface area contributed by atoms with Crippen molar-refractivity contribution in [3.8, 4) is 0 Å². The molecular formula is C10H9FO2. The van der Waals surface area contributed by atoms with E-state index >= 15 is 0 Å². The molecule has 2 rings (SSSR count). The maximum absolute atomic E-state index is 13.2. The van der Waals surface area contributed by atoms with E-state index in [9.17, 15) is 9.18 Å². The summed E-state index contributed by atoms with van der Waals surface area (Å²) < 4.78 is 18.0. The largest absolute Gasteiger partial charge is 0.454 e. The SMILES string of the molecule is O=C1C[C@H](F)[C@H](c2ccccc2)O1. The Morgan fingerprint density at radius 1 is 1.31 bits per heavy atom. The zero-order chi connectivity index (χ0) is 9.26. The molecular weight excluding hydrogens is 171 g/mol. The first-order chi connectivity index (χ1) is 6.27. The molecule has 68 valence electrons. The highest BCUT2D eigenvalue weighted by Gasteiger charge is 2.35. The molecule has 0 N–H and O–H groups in total. The van der Waals surface area contributed by atoms with Crippen LogP contribution in [0.25, 0.3) is 0 Å². The number of cyclic esters (lactones) is 1. The van der Waals surface area contributed by atoms with Crippen molar-refractivity contribution in [2.75, 3.05) is 0 Å². The van der Waals surface area contributed by atoms with E-state index in [1.165, 1.54) is 0 Å². The van der Waals surface area contributed by atoms with Gasteiger partial charge in [0.1, 0.15) is 0 Å². The fourth-order valence-electron chi connectivity index (χ4n) is 1.45. The van der Waals surface area contributed by atoms with Crippen LogP contribution in [0.2, 0.25) is 0 Å². The number of ether oxygens (including phenoxy) is 1. The number of benzene rings is 1. The lowest BCUT2D eigenvalue weighted by Gasteiger charge is -2.10. The number of hydrogen-bond acceptors (Lipinski definition) is 2. The normalized spacial score (nSPS) is 27.3. The van der Waals surface area contributed by atoms with Gasteiger partial charge >= 0.3 is 5.97 Å². The van der Waals surface area contributed by atoms with Crippen molar-refractivity contribution in [1.82, 2.24) is 0 Å². The number of carbonyl (C=O) groups excluding carboxylic acids is 1. The summed E-state index contributed by atoms with van der Waals surface area (Å²) in [4.78, 5) is 10.8. The molecule has 0 saturated carbocycles. The summed E-state index contributed by atoms with van der Waals surface area (Å²) in [6.45, 7) is 0. The predicted molar refractivity (Wildman–Crippen MR) is 44.8 cm³/mol. The molecule has 1 aliphatic heterocycles. The molecule has 0 amide bonds. The standard InChI is InChI=1S/C10H9FO2/c11-8-6-9(12)13-10(8)7-4-2-1-3-5-7/h1-5,8,10H,6H2/t8-,10-/m0/s1. The Morgan fingerprint density at radius 2 is 2.00 bits per heavy atom. The van der Waals surface area contributed by atoms with Gasteiger partial charge in [-0.05, 0) is 5.56 Å². The van der Waals surface area contributed by atoms with Gasteiger partial charge in [-0.2, -0.15) is 0 Å². The van der Waals surface area contributed by atoms with Gasteiger partial charge in [-0.25, -0.2) is 4.39 Å². The summed E-state index contributed by atoms with van der Waals surface area (Å²) in [5, 5.41) is 0. The molecule has 0 spiro atoms. The smallest absolute Gasteiger partial charge is 0.309 e. The van der Waals surface area contributed by atoms with Gasteiger partial charge in [0, 0.05) is 0 Å². The summed E-state index contributed by atoms with van der Waals surface area (Å²) >= 11 is 0. The molecule has 1 saturated heterocycles. The summed E-state index contributed by atoms with van der Waals surface area (Å²) in [6.07, 6.45) is -2.02. The Kier molecular flexibility index (Phi) is 2.00. The lowest BCUT2D eigenvalue weighted by atomic mass is 10.1. The van der Waals surface area contributed by atoms with E-state index in [1.807, 2.05) is 6.07 Å². The highest BCUT2D eigenvalue weighted by atomic mass is 19.1. The fraction of sp³-hybridized carbons (Fsp3) is 0.300. The van der Waals surface area contributed by atoms with Crippen LogP contribution in [-0.2, 0) is 9.53 Å². The van der Waals surface area contributed by atoms with Gasteiger partial charge in [-0.1, -0.05) is 30.3 Å². The van der Waals surface area contributed by atoms with Crippen LogP contribution in [0, 0.1) is 0 Å². The van der Waals surface area contributed by atoms with E-state index in [-0.39, 0.29) is 6.42 Å². The monoisotopic (exact) mass is 180 g/mol. The summed E-state index contributed by atoms with van der Waals surface area (Å²) in [6, 6.07) is 8.96. The first kappa shape index (κ1) is 8.23. The van der Waals surface area contributed by atoms with Crippen molar-refractivity contribution in [1.29, 1.82) is 0 Å². The Balaban J connectivity index is 2.23. The van der Waals surface area contributed by atoms with Gasteiger partial charge in [0.05, 0.1) is 6.42 Å². The lowest BCUT2D eigenvalue weighted by molar-refractivity contribution is -0.141. The van der Waals surface area contributed by atoms with Crippen LogP contribution in [0.5, 0.6) is 0 Å². The second-order valence-corrected chi connectivity index (χ2v) is 3.04. The van der Waals surface area contributed by atoms with Gasteiger partial charge < -0.3 is 4.74 Å². The lowest BCUT2D eigenvalue weighted by Crippen LogP contribution is -2.06. The zero-order valence-electron chi connectivity index (χ0n) is 6.94. The number of rotatable bonds is 1. The third-order valence-corrected chi connectivity index (χ3v) is 2.08. The molecule has 13 heavy (non-hydrogen) atoms. The number of hydrogen-bond donors (Lipinski definition) is 0. The Labute approximate surface area is 75.3 Å². The molecule has 1 fully saturated rings. The highest BCUT2D eigenvalue weighted by Crippen LogP contribution is 2.31. The molecule has 0 bridgehead atoms. The maximum Gasteiger partial charge on any atom is 0.309 e. The quantitative estimate of drug-likeness (QED) is 0.618.